The number of ether oxygens (including phenoxy) is 3. The summed E-state index contributed by atoms with van der Waals surface area (Å²) in [6.07, 6.45) is 0. The van der Waals surface area contributed by atoms with Crippen LogP contribution in [0.3, 0.4) is 0 Å². The van der Waals surface area contributed by atoms with Crippen LogP contribution in [0.1, 0.15) is 5.01 Å². The molecule has 2 N–H and O–H groups in total. The molecular weight excluding hydrogens is 538 g/mol. The number of anilines is 1. The molecule has 0 bridgehead atoms. The lowest BCUT2D eigenvalue weighted by molar-refractivity contribution is 0.355. The number of nitrogens with zero attached hydrogens (tertiary/aromatic N) is 2. The second-order valence-corrected chi connectivity index (χ2v) is 11.3. The van der Waals surface area contributed by atoms with Gasteiger partial charge >= 0.3 is 0 Å². The van der Waals surface area contributed by atoms with Crippen molar-refractivity contribution in [2.24, 2.45) is 0 Å². The lowest BCUT2D eigenvalue weighted by Crippen LogP contribution is -2.26. The highest BCUT2D eigenvalue weighted by atomic mass is 32.2. The zero-order valence-corrected chi connectivity index (χ0v) is 23.0. The second kappa shape index (κ2) is 10.4. The molecule has 2 heterocycles. The lowest BCUT2D eigenvalue weighted by atomic mass is 10.1. The lowest BCUT2D eigenvalue weighted by Gasteiger charge is -2.22. The SMILES string of the molecule is COc1ccc(-c2csc(C3=C(O)CN(c4cc(S(=O)(=O)c5ccccc5)ccc4OC)C3=N)n2)cc1OC. The van der Waals surface area contributed by atoms with Crippen LogP contribution in [0.25, 0.3) is 16.8 Å². The topological polar surface area (TPSA) is 122 Å². The van der Waals surface area contributed by atoms with E-state index in [1.54, 1.807) is 44.6 Å². The van der Waals surface area contributed by atoms with E-state index in [-0.39, 0.29) is 33.5 Å². The predicted octanol–water partition coefficient (Wildman–Crippen LogP) is 5.44. The van der Waals surface area contributed by atoms with Crippen LogP contribution < -0.4 is 19.1 Å². The highest BCUT2D eigenvalue weighted by Gasteiger charge is 2.33. The Morgan fingerprint density at radius 2 is 1.59 bits per heavy atom. The van der Waals surface area contributed by atoms with Gasteiger partial charge in [-0.1, -0.05) is 18.2 Å². The highest BCUT2D eigenvalue weighted by Crippen LogP contribution is 2.40. The van der Waals surface area contributed by atoms with Gasteiger partial charge in [0.2, 0.25) is 9.84 Å². The molecule has 200 valence electrons. The Kier molecular flexibility index (Phi) is 7.02. The summed E-state index contributed by atoms with van der Waals surface area (Å²) >= 11 is 1.29. The minimum Gasteiger partial charge on any atom is -0.510 e. The van der Waals surface area contributed by atoms with Crippen molar-refractivity contribution in [1.82, 2.24) is 4.98 Å². The summed E-state index contributed by atoms with van der Waals surface area (Å²) in [6.45, 7) is -0.0371. The molecular formula is C28H25N3O6S2. The van der Waals surface area contributed by atoms with E-state index in [9.17, 15) is 13.5 Å². The molecule has 0 spiro atoms. The summed E-state index contributed by atoms with van der Waals surface area (Å²) in [4.78, 5) is 6.38. The van der Waals surface area contributed by atoms with E-state index >= 15 is 0 Å². The standard InChI is InChI=1S/C28H25N3O6S2/c1-35-23-12-10-19(39(33,34)18-7-5-4-6-8-18)14-21(23)31-15-22(32)26(27(31)29)28-30-20(16-38-28)17-9-11-24(36-2)25(13-17)37-3/h4-14,16,29,32H,15H2,1-3H3. The van der Waals surface area contributed by atoms with Crippen molar-refractivity contribution in [3.8, 4) is 28.5 Å². The van der Waals surface area contributed by atoms with Crippen molar-refractivity contribution in [3.05, 3.63) is 82.9 Å². The maximum absolute atomic E-state index is 13.3. The molecule has 0 saturated heterocycles. The number of sulfone groups is 1. The van der Waals surface area contributed by atoms with Crippen molar-refractivity contribution in [1.29, 1.82) is 5.41 Å². The molecule has 0 aliphatic carbocycles. The zero-order chi connectivity index (χ0) is 27.7. The van der Waals surface area contributed by atoms with E-state index in [0.29, 0.717) is 33.6 Å². The number of aliphatic hydroxyl groups is 1. The molecule has 3 aromatic carbocycles. The van der Waals surface area contributed by atoms with Gasteiger partial charge in [0.05, 0.1) is 54.6 Å². The van der Waals surface area contributed by atoms with Gasteiger partial charge in [0.25, 0.3) is 0 Å². The smallest absolute Gasteiger partial charge is 0.206 e. The first-order chi connectivity index (χ1) is 18.8. The summed E-state index contributed by atoms with van der Waals surface area (Å²) in [6, 6.07) is 18.0. The Hall–Kier alpha value is -4.35. The van der Waals surface area contributed by atoms with Crippen LogP contribution in [0.15, 0.2) is 87.7 Å². The molecule has 11 heteroatoms. The van der Waals surface area contributed by atoms with Gasteiger partial charge in [-0.2, -0.15) is 0 Å². The van der Waals surface area contributed by atoms with Crippen molar-refractivity contribution < 1.29 is 27.7 Å². The van der Waals surface area contributed by atoms with E-state index in [0.717, 1.165) is 5.56 Å². The van der Waals surface area contributed by atoms with E-state index in [4.69, 9.17) is 19.6 Å². The number of amidine groups is 1. The van der Waals surface area contributed by atoms with Gasteiger partial charge in [-0.3, -0.25) is 5.41 Å². The first-order valence-corrected chi connectivity index (χ1v) is 14.1. The third kappa shape index (κ3) is 4.70. The van der Waals surface area contributed by atoms with Crippen LogP contribution in [0.4, 0.5) is 5.69 Å². The first kappa shape index (κ1) is 26.3. The van der Waals surface area contributed by atoms with Crippen LogP contribution in [-0.4, -0.2) is 52.2 Å². The molecule has 0 fully saturated rings. The monoisotopic (exact) mass is 563 g/mol. The zero-order valence-electron chi connectivity index (χ0n) is 21.3. The molecule has 9 nitrogen and oxygen atoms in total. The van der Waals surface area contributed by atoms with Crippen LogP contribution >= 0.6 is 11.3 Å². The van der Waals surface area contributed by atoms with E-state index < -0.39 is 9.84 Å². The summed E-state index contributed by atoms with van der Waals surface area (Å²) in [7, 11) is 0.775. The van der Waals surface area contributed by atoms with E-state index in [1.165, 1.54) is 47.6 Å². The fraction of sp³-hybridized carbons (Fsp3) is 0.143. The number of benzene rings is 3. The summed E-state index contributed by atoms with van der Waals surface area (Å²) in [5, 5.41) is 22.1. The molecule has 5 rings (SSSR count). The average molecular weight is 564 g/mol. The Bertz CT molecular complexity index is 1700. The maximum Gasteiger partial charge on any atom is 0.206 e. The van der Waals surface area contributed by atoms with Gasteiger partial charge < -0.3 is 24.2 Å². The summed E-state index contributed by atoms with van der Waals surface area (Å²) in [5.41, 5.74) is 2.05. The number of aromatic nitrogens is 1. The number of rotatable bonds is 8. The van der Waals surface area contributed by atoms with E-state index in [2.05, 4.69) is 4.98 Å². The van der Waals surface area contributed by atoms with Gasteiger partial charge in [-0.25, -0.2) is 13.4 Å². The molecule has 0 unspecified atom stereocenters. The largest absolute Gasteiger partial charge is 0.510 e. The Morgan fingerprint density at radius 3 is 2.28 bits per heavy atom. The third-order valence-electron chi connectivity index (χ3n) is 6.31. The fourth-order valence-electron chi connectivity index (χ4n) is 4.31. The number of methoxy groups -OCH3 is 3. The van der Waals surface area contributed by atoms with Gasteiger partial charge in [-0.05, 0) is 48.5 Å². The highest BCUT2D eigenvalue weighted by molar-refractivity contribution is 7.91. The molecule has 0 amide bonds. The molecule has 39 heavy (non-hydrogen) atoms. The Morgan fingerprint density at radius 1 is 0.897 bits per heavy atom. The number of aliphatic hydroxyl groups excluding tert-OH is 1. The quantitative estimate of drug-likeness (QED) is 0.291. The minimum atomic E-state index is -3.81. The van der Waals surface area contributed by atoms with Crippen molar-refractivity contribution in [2.45, 2.75) is 9.79 Å². The molecule has 1 aliphatic heterocycles. The van der Waals surface area contributed by atoms with Crippen LogP contribution in [0.2, 0.25) is 0 Å². The number of hydrogen-bond acceptors (Lipinski definition) is 9. The maximum atomic E-state index is 13.3. The Balaban J connectivity index is 1.48. The number of nitrogens with one attached hydrogen (secondary N) is 1. The third-order valence-corrected chi connectivity index (χ3v) is 8.93. The van der Waals surface area contributed by atoms with Crippen LogP contribution in [0, 0.1) is 5.41 Å². The summed E-state index contributed by atoms with van der Waals surface area (Å²) < 4.78 is 42.7. The summed E-state index contributed by atoms with van der Waals surface area (Å²) in [5.74, 6) is 1.45. The molecule has 0 radical (unpaired) electrons. The number of hydrogen-bond donors (Lipinski definition) is 2. The van der Waals surface area contributed by atoms with Crippen molar-refractivity contribution >= 4 is 38.3 Å². The fourth-order valence-corrected chi connectivity index (χ4v) is 6.51. The van der Waals surface area contributed by atoms with E-state index in [1.807, 2.05) is 17.5 Å². The molecule has 0 atom stereocenters. The number of thiazole rings is 1. The van der Waals surface area contributed by atoms with Gasteiger partial charge in [0.1, 0.15) is 22.4 Å². The van der Waals surface area contributed by atoms with Gasteiger partial charge in [-0.15, -0.1) is 11.3 Å². The Labute approximate surface area is 230 Å². The molecule has 1 aromatic heterocycles. The molecule has 0 saturated carbocycles. The molecule has 1 aliphatic rings. The molecule has 4 aromatic rings. The first-order valence-electron chi connectivity index (χ1n) is 11.7. The van der Waals surface area contributed by atoms with Crippen molar-refractivity contribution in [3.63, 3.8) is 0 Å². The second-order valence-electron chi connectivity index (χ2n) is 8.51. The predicted molar refractivity (Wildman–Crippen MR) is 150 cm³/mol. The van der Waals surface area contributed by atoms with Crippen LogP contribution in [-0.2, 0) is 9.84 Å². The van der Waals surface area contributed by atoms with Gasteiger partial charge in [0, 0.05) is 10.9 Å². The normalized spacial score (nSPS) is 13.6. The van der Waals surface area contributed by atoms with Gasteiger partial charge in [0.15, 0.2) is 11.5 Å². The van der Waals surface area contributed by atoms with Crippen molar-refractivity contribution in [2.75, 3.05) is 32.8 Å². The van der Waals surface area contributed by atoms with Crippen LogP contribution in [0.5, 0.6) is 17.2 Å². The minimum absolute atomic E-state index is 0.0201. The average Bonchev–Trinajstić information content (AvgIpc) is 3.56.